The first kappa shape index (κ1) is 9.15. The number of para-hydroxylation sites is 1. The highest BCUT2D eigenvalue weighted by Crippen LogP contribution is 2.17. The second-order valence-electron chi connectivity index (χ2n) is 3.23. The molecule has 0 amide bonds. The highest BCUT2D eigenvalue weighted by molar-refractivity contribution is 7.80. The largest absolute Gasteiger partial charge is 0.392 e. The van der Waals surface area contributed by atoms with Crippen LogP contribution in [0, 0.1) is 0 Å². The minimum absolute atomic E-state index is 0.0371. The molecule has 1 unspecified atom stereocenters. The van der Waals surface area contributed by atoms with E-state index in [9.17, 15) is 0 Å². The predicted molar refractivity (Wildman–Crippen MR) is 61.2 cm³/mol. The molecule has 0 radical (unpaired) electrons. The van der Waals surface area contributed by atoms with Crippen LogP contribution in [0.15, 0.2) is 30.5 Å². The smallest absolute Gasteiger partial charge is 0.0996 e. The Morgan fingerprint density at radius 2 is 2.21 bits per heavy atom. The Morgan fingerprint density at radius 1 is 1.50 bits per heavy atom. The third-order valence-corrected chi connectivity index (χ3v) is 2.62. The zero-order chi connectivity index (χ0) is 10.1. The van der Waals surface area contributed by atoms with E-state index in [1.807, 2.05) is 42.1 Å². The number of benzene rings is 1. The topological polar surface area (TPSA) is 43.8 Å². The van der Waals surface area contributed by atoms with E-state index in [1.165, 1.54) is 0 Å². The Labute approximate surface area is 87.5 Å². The van der Waals surface area contributed by atoms with Gasteiger partial charge in [-0.25, -0.2) is 0 Å². The molecule has 0 saturated carbocycles. The van der Waals surface area contributed by atoms with Gasteiger partial charge in [0.15, 0.2) is 0 Å². The fraction of sp³-hybridized carbons (Fsp3) is 0.200. The Kier molecular flexibility index (Phi) is 2.21. The van der Waals surface area contributed by atoms with Crippen molar-refractivity contribution in [2.75, 3.05) is 0 Å². The van der Waals surface area contributed by atoms with E-state index in [-0.39, 0.29) is 6.04 Å². The lowest BCUT2D eigenvalue weighted by molar-refractivity contribution is 0.632. The molecule has 1 aromatic heterocycles. The second-order valence-corrected chi connectivity index (χ2v) is 3.70. The monoisotopic (exact) mass is 205 g/mol. The molecule has 14 heavy (non-hydrogen) atoms. The molecule has 1 atom stereocenters. The van der Waals surface area contributed by atoms with Gasteiger partial charge in [0.1, 0.15) is 0 Å². The lowest BCUT2D eigenvalue weighted by Crippen LogP contribution is -2.22. The molecule has 0 spiro atoms. The summed E-state index contributed by atoms with van der Waals surface area (Å²) in [5.41, 5.74) is 6.65. The molecule has 2 aromatic rings. The minimum atomic E-state index is -0.0371. The zero-order valence-electron chi connectivity index (χ0n) is 7.84. The molecule has 4 heteroatoms. The third-order valence-electron chi connectivity index (χ3n) is 2.28. The van der Waals surface area contributed by atoms with Gasteiger partial charge in [-0.15, -0.1) is 0 Å². The predicted octanol–water partition coefficient (Wildman–Crippen LogP) is 1.88. The van der Waals surface area contributed by atoms with Crippen LogP contribution in [-0.4, -0.2) is 14.8 Å². The lowest BCUT2D eigenvalue weighted by atomic mass is 10.2. The number of hydrogen-bond donors (Lipinski definition) is 1. The second kappa shape index (κ2) is 3.38. The van der Waals surface area contributed by atoms with Gasteiger partial charge >= 0.3 is 0 Å². The fourth-order valence-corrected chi connectivity index (χ4v) is 1.52. The van der Waals surface area contributed by atoms with E-state index in [0.29, 0.717) is 4.99 Å². The maximum atomic E-state index is 5.59. The normalized spacial score (nSPS) is 12.9. The van der Waals surface area contributed by atoms with Gasteiger partial charge in [0, 0.05) is 5.39 Å². The summed E-state index contributed by atoms with van der Waals surface area (Å²) in [5.74, 6) is 0. The van der Waals surface area contributed by atoms with E-state index in [2.05, 4.69) is 5.10 Å². The van der Waals surface area contributed by atoms with Crippen LogP contribution in [0.5, 0.6) is 0 Å². The molecule has 2 N–H and O–H groups in total. The van der Waals surface area contributed by atoms with Crippen molar-refractivity contribution in [2.45, 2.75) is 13.0 Å². The van der Waals surface area contributed by atoms with Crippen LogP contribution in [-0.2, 0) is 0 Å². The minimum Gasteiger partial charge on any atom is -0.392 e. The van der Waals surface area contributed by atoms with Gasteiger partial charge in [0.05, 0.1) is 22.7 Å². The highest BCUT2D eigenvalue weighted by Gasteiger charge is 2.10. The van der Waals surface area contributed by atoms with Crippen LogP contribution in [0.25, 0.3) is 10.9 Å². The highest BCUT2D eigenvalue weighted by atomic mass is 32.1. The van der Waals surface area contributed by atoms with Crippen molar-refractivity contribution in [1.82, 2.24) is 9.78 Å². The molecule has 0 aliphatic carbocycles. The Morgan fingerprint density at radius 3 is 2.93 bits per heavy atom. The van der Waals surface area contributed by atoms with Crippen molar-refractivity contribution in [3.63, 3.8) is 0 Å². The number of fused-ring (bicyclic) bond motifs is 1. The zero-order valence-corrected chi connectivity index (χ0v) is 8.66. The average molecular weight is 205 g/mol. The van der Waals surface area contributed by atoms with Gasteiger partial charge < -0.3 is 5.73 Å². The molecule has 0 aliphatic rings. The van der Waals surface area contributed by atoms with Crippen LogP contribution in [0.1, 0.15) is 13.0 Å². The van der Waals surface area contributed by atoms with Gasteiger partial charge in [-0.05, 0) is 13.0 Å². The van der Waals surface area contributed by atoms with Crippen molar-refractivity contribution in [3.8, 4) is 0 Å². The quantitative estimate of drug-likeness (QED) is 0.761. The first-order chi connectivity index (χ1) is 6.70. The summed E-state index contributed by atoms with van der Waals surface area (Å²) < 4.78 is 1.84. The summed E-state index contributed by atoms with van der Waals surface area (Å²) in [6, 6.07) is 7.96. The van der Waals surface area contributed by atoms with E-state index in [1.54, 1.807) is 0 Å². The maximum absolute atomic E-state index is 5.59. The number of nitrogens with zero attached hydrogens (tertiary/aromatic N) is 2. The van der Waals surface area contributed by atoms with Crippen LogP contribution >= 0.6 is 12.2 Å². The van der Waals surface area contributed by atoms with Crippen LogP contribution in [0.4, 0.5) is 0 Å². The lowest BCUT2D eigenvalue weighted by Gasteiger charge is -2.11. The standard InChI is InChI=1S/C10H11N3S/c1-7(10(11)14)13-9-5-3-2-4-8(9)6-12-13/h2-7H,1H3,(H2,11,14). The van der Waals surface area contributed by atoms with E-state index < -0.39 is 0 Å². The van der Waals surface area contributed by atoms with E-state index in [0.717, 1.165) is 10.9 Å². The number of hydrogen-bond acceptors (Lipinski definition) is 2. The summed E-state index contributed by atoms with van der Waals surface area (Å²) in [4.78, 5) is 0.457. The van der Waals surface area contributed by atoms with Gasteiger partial charge in [0.25, 0.3) is 0 Å². The Hall–Kier alpha value is -1.42. The van der Waals surface area contributed by atoms with Gasteiger partial charge in [-0.1, -0.05) is 30.4 Å². The summed E-state index contributed by atoms with van der Waals surface area (Å²) in [6.45, 7) is 1.95. The van der Waals surface area contributed by atoms with Crippen molar-refractivity contribution in [3.05, 3.63) is 30.5 Å². The van der Waals surface area contributed by atoms with Crippen LogP contribution in [0.3, 0.4) is 0 Å². The maximum Gasteiger partial charge on any atom is 0.0996 e. The van der Waals surface area contributed by atoms with E-state index >= 15 is 0 Å². The molecule has 0 aliphatic heterocycles. The molecule has 2 rings (SSSR count). The molecule has 0 saturated heterocycles. The molecule has 1 aromatic carbocycles. The van der Waals surface area contributed by atoms with Gasteiger partial charge in [-0.2, -0.15) is 5.10 Å². The van der Waals surface area contributed by atoms with Crippen LogP contribution < -0.4 is 5.73 Å². The van der Waals surface area contributed by atoms with Gasteiger partial charge in [0.2, 0.25) is 0 Å². The average Bonchev–Trinajstić information content (AvgIpc) is 2.60. The van der Waals surface area contributed by atoms with Gasteiger partial charge in [-0.3, -0.25) is 4.68 Å². The van der Waals surface area contributed by atoms with E-state index in [4.69, 9.17) is 18.0 Å². The summed E-state index contributed by atoms with van der Waals surface area (Å²) in [7, 11) is 0. The van der Waals surface area contributed by atoms with Crippen molar-refractivity contribution >= 4 is 28.1 Å². The summed E-state index contributed by atoms with van der Waals surface area (Å²) >= 11 is 4.95. The molecular formula is C10H11N3S. The Balaban J connectivity index is 2.58. The number of thiocarbonyl (C=S) groups is 1. The first-order valence-corrected chi connectivity index (χ1v) is 4.82. The first-order valence-electron chi connectivity index (χ1n) is 4.41. The molecule has 0 bridgehead atoms. The molecule has 0 fully saturated rings. The molecule has 1 heterocycles. The van der Waals surface area contributed by atoms with Crippen LogP contribution in [0.2, 0.25) is 0 Å². The number of rotatable bonds is 2. The third kappa shape index (κ3) is 1.37. The van der Waals surface area contributed by atoms with Crippen molar-refractivity contribution < 1.29 is 0 Å². The van der Waals surface area contributed by atoms with Crippen molar-refractivity contribution in [2.24, 2.45) is 5.73 Å². The molecular weight excluding hydrogens is 194 g/mol. The number of nitrogens with two attached hydrogens (primary N) is 1. The summed E-state index contributed by atoms with van der Waals surface area (Å²) in [5, 5.41) is 5.37. The Bertz CT molecular complexity index is 475. The molecule has 72 valence electrons. The SMILES string of the molecule is CC(C(N)=S)n1ncc2ccccc21. The number of aromatic nitrogens is 2. The molecule has 3 nitrogen and oxygen atoms in total. The fourth-order valence-electron chi connectivity index (χ4n) is 1.42. The van der Waals surface area contributed by atoms with Crippen molar-refractivity contribution in [1.29, 1.82) is 0 Å². The summed E-state index contributed by atoms with van der Waals surface area (Å²) in [6.07, 6.45) is 1.82.